The van der Waals surface area contributed by atoms with Gasteiger partial charge in [0.05, 0.1) is 11.6 Å². The number of aromatic nitrogens is 1. The predicted molar refractivity (Wildman–Crippen MR) is 96.4 cm³/mol. The van der Waals surface area contributed by atoms with Crippen LogP contribution >= 0.6 is 11.3 Å². The highest BCUT2D eigenvalue weighted by Crippen LogP contribution is 2.17. The van der Waals surface area contributed by atoms with Crippen molar-refractivity contribution >= 4 is 23.2 Å². The van der Waals surface area contributed by atoms with E-state index in [0.717, 1.165) is 30.6 Å². The molecule has 0 aliphatic rings. The lowest BCUT2D eigenvalue weighted by molar-refractivity contribution is 0.0408. The minimum atomic E-state index is -1.03. The fourth-order valence-corrected chi connectivity index (χ4v) is 2.96. The highest BCUT2D eigenvalue weighted by Gasteiger charge is 2.27. The molecule has 1 aromatic rings. The maximum absolute atomic E-state index is 12.5. The molecule has 1 aromatic heterocycles. The van der Waals surface area contributed by atoms with E-state index in [4.69, 9.17) is 0 Å². The smallest absolute Gasteiger partial charge is 0.280 e. The van der Waals surface area contributed by atoms with Crippen LogP contribution in [0.4, 0.5) is 0 Å². The lowest BCUT2D eigenvalue weighted by atomic mass is 10.0. The molecule has 0 spiro atoms. The van der Waals surface area contributed by atoms with Crippen molar-refractivity contribution in [3.8, 4) is 0 Å². The van der Waals surface area contributed by atoms with Gasteiger partial charge in [0.15, 0.2) is 5.01 Å². The summed E-state index contributed by atoms with van der Waals surface area (Å²) in [6.45, 7) is 9.13. The van der Waals surface area contributed by atoms with Crippen LogP contribution < -0.4 is 5.32 Å². The first-order chi connectivity index (χ1) is 11.1. The standard InChI is InChI=1S/C17H29N3O3S/c1-7-9-12(8-2)20(6)16(22)13-10-24-15(19-13)14(21)18-11(3)17(4,5)23/h10-12,23H,7-9H2,1-6H3,(H,18,21). The Morgan fingerprint density at radius 1 is 1.42 bits per heavy atom. The van der Waals surface area contributed by atoms with E-state index >= 15 is 0 Å². The minimum Gasteiger partial charge on any atom is -0.388 e. The zero-order valence-corrected chi connectivity index (χ0v) is 16.2. The van der Waals surface area contributed by atoms with Crippen LogP contribution in [0.25, 0.3) is 0 Å². The summed E-state index contributed by atoms with van der Waals surface area (Å²) in [4.78, 5) is 30.6. The van der Waals surface area contributed by atoms with Gasteiger partial charge in [0.25, 0.3) is 11.8 Å². The average Bonchev–Trinajstić information content (AvgIpc) is 3.00. The number of amides is 2. The molecule has 136 valence electrons. The van der Waals surface area contributed by atoms with Crippen molar-refractivity contribution < 1.29 is 14.7 Å². The van der Waals surface area contributed by atoms with E-state index in [1.165, 1.54) is 0 Å². The second-order valence-electron chi connectivity index (χ2n) is 6.65. The van der Waals surface area contributed by atoms with Crippen LogP contribution in [-0.2, 0) is 0 Å². The summed E-state index contributed by atoms with van der Waals surface area (Å²) in [7, 11) is 1.78. The van der Waals surface area contributed by atoms with Gasteiger partial charge in [-0.1, -0.05) is 20.3 Å². The molecule has 1 heterocycles. The van der Waals surface area contributed by atoms with Crippen molar-refractivity contribution in [1.29, 1.82) is 0 Å². The first kappa shape index (κ1) is 20.6. The summed E-state index contributed by atoms with van der Waals surface area (Å²) in [6, 6.07) is -0.249. The summed E-state index contributed by atoms with van der Waals surface area (Å²) < 4.78 is 0. The van der Waals surface area contributed by atoms with Crippen molar-refractivity contribution in [3.63, 3.8) is 0 Å². The Labute approximate surface area is 148 Å². The third-order valence-corrected chi connectivity index (χ3v) is 5.13. The van der Waals surface area contributed by atoms with Crippen molar-refractivity contribution in [3.05, 3.63) is 16.1 Å². The molecule has 0 saturated heterocycles. The third-order valence-electron chi connectivity index (χ3n) is 4.29. The van der Waals surface area contributed by atoms with Crippen LogP contribution in [0.3, 0.4) is 0 Å². The van der Waals surface area contributed by atoms with Gasteiger partial charge in [-0.05, 0) is 33.6 Å². The molecule has 6 nitrogen and oxygen atoms in total. The van der Waals surface area contributed by atoms with Gasteiger partial charge in [-0.3, -0.25) is 9.59 Å². The molecule has 0 radical (unpaired) electrons. The van der Waals surface area contributed by atoms with E-state index in [1.807, 2.05) is 0 Å². The number of hydrogen-bond acceptors (Lipinski definition) is 5. The van der Waals surface area contributed by atoms with Crippen molar-refractivity contribution in [1.82, 2.24) is 15.2 Å². The summed E-state index contributed by atoms with van der Waals surface area (Å²) in [6.07, 6.45) is 2.84. The maximum Gasteiger partial charge on any atom is 0.280 e. The van der Waals surface area contributed by atoms with Gasteiger partial charge in [-0.2, -0.15) is 0 Å². The summed E-state index contributed by atoms with van der Waals surface area (Å²) in [5.74, 6) is -0.543. The predicted octanol–water partition coefficient (Wildman–Crippen LogP) is 2.68. The summed E-state index contributed by atoms with van der Waals surface area (Å²) in [5.41, 5.74) is -0.738. The first-order valence-corrected chi connectivity index (χ1v) is 9.25. The molecule has 0 aliphatic heterocycles. The van der Waals surface area contributed by atoms with Crippen molar-refractivity contribution in [2.24, 2.45) is 0 Å². The Morgan fingerprint density at radius 2 is 2.04 bits per heavy atom. The van der Waals surface area contributed by atoms with Gasteiger partial charge in [-0.15, -0.1) is 11.3 Å². The molecule has 0 aromatic carbocycles. The quantitative estimate of drug-likeness (QED) is 0.751. The van der Waals surface area contributed by atoms with Gasteiger partial charge in [0.2, 0.25) is 0 Å². The molecule has 0 fully saturated rings. The first-order valence-electron chi connectivity index (χ1n) is 8.37. The Bertz CT molecular complexity index is 566. The molecule has 2 N–H and O–H groups in total. The number of carbonyl (C=O) groups is 2. The topological polar surface area (TPSA) is 82.5 Å². The fraction of sp³-hybridized carbons (Fsp3) is 0.706. The van der Waals surface area contributed by atoms with Crippen LogP contribution in [0.15, 0.2) is 5.38 Å². The number of thiazole rings is 1. The molecular formula is C17H29N3O3S. The van der Waals surface area contributed by atoms with E-state index in [-0.39, 0.29) is 28.6 Å². The van der Waals surface area contributed by atoms with Gasteiger partial charge >= 0.3 is 0 Å². The summed E-state index contributed by atoms with van der Waals surface area (Å²) >= 11 is 1.14. The molecular weight excluding hydrogens is 326 g/mol. The van der Waals surface area contributed by atoms with Crippen LogP contribution in [0.2, 0.25) is 0 Å². The Kier molecular flexibility index (Phi) is 7.35. The second kappa shape index (κ2) is 8.58. The molecule has 0 saturated carbocycles. The zero-order valence-electron chi connectivity index (χ0n) is 15.4. The number of nitrogens with one attached hydrogen (secondary N) is 1. The van der Waals surface area contributed by atoms with Gasteiger partial charge in [0.1, 0.15) is 5.69 Å². The number of hydrogen-bond donors (Lipinski definition) is 2. The monoisotopic (exact) mass is 355 g/mol. The van der Waals surface area contributed by atoms with Gasteiger partial charge in [0, 0.05) is 18.5 Å². The van der Waals surface area contributed by atoms with Crippen LogP contribution in [0.1, 0.15) is 74.2 Å². The normalized spacial score (nSPS) is 14.1. The third kappa shape index (κ3) is 5.27. The largest absolute Gasteiger partial charge is 0.388 e. The molecule has 24 heavy (non-hydrogen) atoms. The van der Waals surface area contributed by atoms with Crippen molar-refractivity contribution in [2.45, 2.75) is 71.6 Å². The number of aliphatic hydroxyl groups is 1. The Morgan fingerprint density at radius 3 is 2.54 bits per heavy atom. The molecule has 0 bridgehead atoms. The molecule has 2 amide bonds. The number of carbonyl (C=O) groups excluding carboxylic acids is 2. The molecule has 2 atom stereocenters. The van der Waals surface area contributed by atoms with Crippen LogP contribution in [0.5, 0.6) is 0 Å². The van der Waals surface area contributed by atoms with E-state index in [1.54, 1.807) is 38.1 Å². The van der Waals surface area contributed by atoms with Crippen LogP contribution in [0, 0.1) is 0 Å². The van der Waals surface area contributed by atoms with E-state index in [2.05, 4.69) is 24.1 Å². The van der Waals surface area contributed by atoms with Gasteiger partial charge < -0.3 is 15.3 Å². The Balaban J connectivity index is 2.81. The Hall–Kier alpha value is -1.47. The van der Waals surface area contributed by atoms with E-state index in [9.17, 15) is 14.7 Å². The highest BCUT2D eigenvalue weighted by atomic mass is 32.1. The molecule has 2 unspecified atom stereocenters. The zero-order chi connectivity index (χ0) is 18.5. The number of rotatable bonds is 8. The minimum absolute atomic E-state index is 0.166. The number of nitrogens with zero attached hydrogens (tertiary/aromatic N) is 2. The van der Waals surface area contributed by atoms with Crippen molar-refractivity contribution in [2.75, 3.05) is 7.05 Å². The highest BCUT2D eigenvalue weighted by molar-refractivity contribution is 7.11. The average molecular weight is 356 g/mol. The maximum atomic E-state index is 12.5. The molecule has 7 heteroatoms. The fourth-order valence-electron chi connectivity index (χ4n) is 2.26. The second-order valence-corrected chi connectivity index (χ2v) is 7.51. The molecule has 0 aliphatic carbocycles. The SMILES string of the molecule is CCCC(CC)N(C)C(=O)c1csc(C(=O)NC(C)C(C)(C)O)n1. The van der Waals surface area contributed by atoms with Crippen LogP contribution in [-0.4, -0.2) is 51.5 Å². The lowest BCUT2D eigenvalue weighted by Crippen LogP contribution is -2.47. The van der Waals surface area contributed by atoms with E-state index < -0.39 is 11.6 Å². The lowest BCUT2D eigenvalue weighted by Gasteiger charge is -2.26. The van der Waals surface area contributed by atoms with Gasteiger partial charge in [-0.25, -0.2) is 4.98 Å². The molecule has 1 rings (SSSR count). The summed E-state index contributed by atoms with van der Waals surface area (Å²) in [5, 5.41) is 14.4. The van der Waals surface area contributed by atoms with E-state index in [0.29, 0.717) is 0 Å².